The maximum absolute atomic E-state index is 6.05. The van der Waals surface area contributed by atoms with Crippen molar-refractivity contribution >= 4 is 23.1 Å². The van der Waals surface area contributed by atoms with E-state index in [9.17, 15) is 0 Å². The number of thioether (sulfide) groups is 1. The number of nitrogens with two attached hydrogens (primary N) is 1. The molecule has 1 aromatic heterocycles. The summed E-state index contributed by atoms with van der Waals surface area (Å²) in [5.74, 6) is 2.42. The fourth-order valence-corrected chi connectivity index (χ4v) is 4.04. The van der Waals surface area contributed by atoms with Crippen LogP contribution in [0.5, 0.6) is 0 Å². The van der Waals surface area contributed by atoms with Crippen molar-refractivity contribution in [3.05, 3.63) is 33.5 Å². The SMILES string of the molecule is C=C(C)C(N)c1cc2c(s1)CCSC2. The van der Waals surface area contributed by atoms with Gasteiger partial charge < -0.3 is 5.73 Å². The molecule has 1 aliphatic rings. The molecule has 2 rings (SSSR count). The molecule has 1 atom stereocenters. The number of hydrogen-bond donors (Lipinski definition) is 1. The first-order valence-electron chi connectivity index (χ1n) is 4.78. The van der Waals surface area contributed by atoms with E-state index in [1.54, 1.807) is 0 Å². The molecule has 2 N–H and O–H groups in total. The van der Waals surface area contributed by atoms with Crippen molar-refractivity contribution in [3.8, 4) is 0 Å². The van der Waals surface area contributed by atoms with Gasteiger partial charge in [0.1, 0.15) is 0 Å². The van der Waals surface area contributed by atoms with Crippen molar-refractivity contribution < 1.29 is 0 Å². The van der Waals surface area contributed by atoms with E-state index >= 15 is 0 Å². The standard InChI is InChI=1S/C11H15NS2/c1-7(2)11(12)10-5-8-6-13-4-3-9(8)14-10/h5,11H,1,3-4,6,12H2,2H3. The molecular weight excluding hydrogens is 210 g/mol. The molecule has 1 unspecified atom stereocenters. The molecule has 1 nitrogen and oxygen atoms in total. The van der Waals surface area contributed by atoms with Crippen molar-refractivity contribution in [2.24, 2.45) is 5.73 Å². The zero-order chi connectivity index (χ0) is 10.1. The molecule has 0 saturated heterocycles. The summed E-state index contributed by atoms with van der Waals surface area (Å²) in [4.78, 5) is 2.82. The Kier molecular flexibility index (Phi) is 3.00. The second-order valence-electron chi connectivity index (χ2n) is 3.72. The van der Waals surface area contributed by atoms with E-state index < -0.39 is 0 Å². The summed E-state index contributed by atoms with van der Waals surface area (Å²) in [6.07, 6.45) is 1.22. The quantitative estimate of drug-likeness (QED) is 0.783. The lowest BCUT2D eigenvalue weighted by Crippen LogP contribution is -2.08. The van der Waals surface area contributed by atoms with Crippen LogP contribution in [0, 0.1) is 0 Å². The number of fused-ring (bicyclic) bond motifs is 1. The lowest BCUT2D eigenvalue weighted by Gasteiger charge is -2.08. The first-order chi connectivity index (χ1) is 6.68. The molecule has 2 heterocycles. The van der Waals surface area contributed by atoms with Crippen LogP contribution in [0.4, 0.5) is 0 Å². The van der Waals surface area contributed by atoms with Crippen molar-refractivity contribution in [2.45, 2.75) is 25.1 Å². The van der Waals surface area contributed by atoms with Crippen LogP contribution in [-0.2, 0) is 12.2 Å². The highest BCUT2D eigenvalue weighted by molar-refractivity contribution is 7.98. The minimum absolute atomic E-state index is 0.0376. The van der Waals surface area contributed by atoms with Crippen LogP contribution in [0.1, 0.15) is 28.3 Å². The van der Waals surface area contributed by atoms with Crippen LogP contribution in [0.15, 0.2) is 18.2 Å². The Hall–Kier alpha value is -0.250. The summed E-state index contributed by atoms with van der Waals surface area (Å²) in [5.41, 5.74) is 8.60. The van der Waals surface area contributed by atoms with Gasteiger partial charge >= 0.3 is 0 Å². The smallest absolute Gasteiger partial charge is 0.0600 e. The van der Waals surface area contributed by atoms with Gasteiger partial charge in [-0.1, -0.05) is 12.2 Å². The number of rotatable bonds is 2. The first-order valence-corrected chi connectivity index (χ1v) is 6.76. The van der Waals surface area contributed by atoms with E-state index in [0.29, 0.717) is 0 Å². The second kappa shape index (κ2) is 4.09. The van der Waals surface area contributed by atoms with E-state index in [-0.39, 0.29) is 6.04 Å². The zero-order valence-electron chi connectivity index (χ0n) is 8.38. The third kappa shape index (κ3) is 1.90. The summed E-state index contributed by atoms with van der Waals surface area (Å²) in [7, 11) is 0. The monoisotopic (exact) mass is 225 g/mol. The molecule has 0 fully saturated rings. The Morgan fingerprint density at radius 2 is 2.43 bits per heavy atom. The molecule has 0 saturated carbocycles. The minimum Gasteiger partial charge on any atom is -0.320 e. The third-order valence-corrected chi connectivity index (χ3v) is 4.81. The topological polar surface area (TPSA) is 26.0 Å². The van der Waals surface area contributed by atoms with Gasteiger partial charge in [-0.05, 0) is 30.7 Å². The van der Waals surface area contributed by atoms with Gasteiger partial charge in [-0.15, -0.1) is 11.3 Å². The summed E-state index contributed by atoms with van der Waals surface area (Å²) in [6, 6.07) is 2.31. The molecule has 14 heavy (non-hydrogen) atoms. The predicted molar refractivity (Wildman–Crippen MR) is 65.9 cm³/mol. The summed E-state index contributed by atoms with van der Waals surface area (Å²) in [6.45, 7) is 5.91. The predicted octanol–water partition coefficient (Wildman–Crippen LogP) is 3.11. The van der Waals surface area contributed by atoms with E-state index in [4.69, 9.17) is 5.73 Å². The Morgan fingerprint density at radius 1 is 1.64 bits per heavy atom. The Balaban J connectivity index is 2.28. The molecule has 1 aliphatic heterocycles. The highest BCUT2D eigenvalue weighted by Gasteiger charge is 2.17. The third-order valence-electron chi connectivity index (χ3n) is 2.48. The van der Waals surface area contributed by atoms with Crippen molar-refractivity contribution in [2.75, 3.05) is 5.75 Å². The number of aryl methyl sites for hydroxylation is 1. The summed E-state index contributed by atoms with van der Waals surface area (Å²) in [5, 5.41) is 0. The Morgan fingerprint density at radius 3 is 3.07 bits per heavy atom. The number of hydrogen-bond acceptors (Lipinski definition) is 3. The lowest BCUT2D eigenvalue weighted by molar-refractivity contribution is 0.870. The van der Waals surface area contributed by atoms with E-state index in [0.717, 1.165) is 11.3 Å². The fraction of sp³-hybridized carbons (Fsp3) is 0.455. The number of thiophene rings is 1. The summed E-state index contributed by atoms with van der Waals surface area (Å²) < 4.78 is 0. The van der Waals surface area contributed by atoms with E-state index in [1.807, 2.05) is 30.0 Å². The molecule has 3 heteroatoms. The molecule has 0 aliphatic carbocycles. The normalized spacial score (nSPS) is 17.6. The maximum Gasteiger partial charge on any atom is 0.0600 e. The molecule has 76 valence electrons. The van der Waals surface area contributed by atoms with Gasteiger partial charge in [-0.3, -0.25) is 0 Å². The zero-order valence-corrected chi connectivity index (χ0v) is 10.0. The van der Waals surface area contributed by atoms with Crippen LogP contribution < -0.4 is 5.73 Å². The average molecular weight is 225 g/mol. The Labute approximate surface area is 93.4 Å². The largest absolute Gasteiger partial charge is 0.320 e. The van der Waals surface area contributed by atoms with Gasteiger partial charge in [0.2, 0.25) is 0 Å². The average Bonchev–Trinajstić information content (AvgIpc) is 2.59. The highest BCUT2D eigenvalue weighted by Crippen LogP contribution is 2.35. The molecule has 0 aromatic carbocycles. The van der Waals surface area contributed by atoms with E-state index in [2.05, 4.69) is 12.6 Å². The Bertz CT molecular complexity index is 331. The molecule has 0 spiro atoms. The van der Waals surface area contributed by atoms with Crippen LogP contribution >= 0.6 is 23.1 Å². The van der Waals surface area contributed by atoms with Crippen LogP contribution in [-0.4, -0.2) is 5.75 Å². The second-order valence-corrected chi connectivity index (χ2v) is 6.00. The van der Waals surface area contributed by atoms with Crippen LogP contribution in [0.3, 0.4) is 0 Å². The van der Waals surface area contributed by atoms with Gasteiger partial charge in [0.25, 0.3) is 0 Å². The lowest BCUT2D eigenvalue weighted by atomic mass is 10.1. The van der Waals surface area contributed by atoms with Gasteiger partial charge in [0.05, 0.1) is 6.04 Å². The van der Waals surface area contributed by atoms with Gasteiger partial charge in [0.15, 0.2) is 0 Å². The molecule has 0 bridgehead atoms. The maximum atomic E-state index is 6.05. The van der Waals surface area contributed by atoms with Gasteiger partial charge in [-0.2, -0.15) is 11.8 Å². The van der Waals surface area contributed by atoms with Gasteiger partial charge in [-0.25, -0.2) is 0 Å². The van der Waals surface area contributed by atoms with Crippen molar-refractivity contribution in [1.82, 2.24) is 0 Å². The van der Waals surface area contributed by atoms with Crippen LogP contribution in [0.25, 0.3) is 0 Å². The highest BCUT2D eigenvalue weighted by atomic mass is 32.2. The first kappa shape index (κ1) is 10.3. The van der Waals surface area contributed by atoms with Crippen molar-refractivity contribution in [1.29, 1.82) is 0 Å². The molecule has 1 aromatic rings. The molecule has 0 radical (unpaired) electrons. The van der Waals surface area contributed by atoms with Crippen LogP contribution in [0.2, 0.25) is 0 Å². The summed E-state index contributed by atoms with van der Waals surface area (Å²) >= 11 is 3.89. The fourth-order valence-electron chi connectivity index (χ4n) is 1.57. The van der Waals surface area contributed by atoms with Crippen molar-refractivity contribution in [3.63, 3.8) is 0 Å². The van der Waals surface area contributed by atoms with E-state index in [1.165, 1.54) is 27.5 Å². The molecular formula is C11H15NS2. The van der Waals surface area contributed by atoms with Gasteiger partial charge in [0, 0.05) is 15.5 Å². The molecule has 0 amide bonds. The minimum atomic E-state index is 0.0376.